The molecule has 0 saturated carbocycles. The first-order valence-electron chi connectivity index (χ1n) is 7.35. The lowest BCUT2D eigenvalue weighted by molar-refractivity contribution is 0.00578. The van der Waals surface area contributed by atoms with Crippen molar-refractivity contribution < 1.29 is 9.31 Å². The highest BCUT2D eigenvalue weighted by atomic mass is 35.5. The molecule has 2 fully saturated rings. The second kappa shape index (κ2) is 6.69. The zero-order valence-corrected chi connectivity index (χ0v) is 15.5. The first-order chi connectivity index (χ1) is 9.30. The van der Waals surface area contributed by atoms with Crippen LogP contribution in [-0.4, -0.2) is 41.2 Å². The van der Waals surface area contributed by atoms with E-state index >= 15 is 0 Å². The summed E-state index contributed by atoms with van der Waals surface area (Å²) in [5.41, 5.74) is 0.733. The van der Waals surface area contributed by atoms with Gasteiger partial charge in [-0.25, -0.2) is 0 Å². The first kappa shape index (κ1) is 19.8. The molecule has 8 heteroatoms. The normalized spacial score (nSPS) is 29.0. The second-order valence-electron chi connectivity index (χ2n) is 7.00. The fraction of sp³-hybridized carbons (Fsp3) is 0.786. The van der Waals surface area contributed by atoms with Crippen molar-refractivity contribution >= 4 is 31.9 Å². The quantitative estimate of drug-likeness (QED) is 0.833. The third-order valence-electron chi connectivity index (χ3n) is 5.04. The van der Waals surface area contributed by atoms with Crippen LogP contribution in [0, 0.1) is 0 Å². The fourth-order valence-corrected chi connectivity index (χ4v) is 3.05. The molecule has 0 aromatic carbocycles. The van der Waals surface area contributed by atoms with E-state index in [1.54, 1.807) is 0 Å². The number of aromatic nitrogens is 2. The maximum atomic E-state index is 6.22. The minimum atomic E-state index is -0.264. The molecule has 0 radical (unpaired) electrons. The van der Waals surface area contributed by atoms with Gasteiger partial charge in [-0.15, -0.1) is 24.8 Å². The highest BCUT2D eigenvalue weighted by Gasteiger charge is 2.55. The van der Waals surface area contributed by atoms with Gasteiger partial charge < -0.3 is 14.6 Å². The second-order valence-corrected chi connectivity index (χ2v) is 7.00. The minimum absolute atomic E-state index is 0. The Kier molecular flexibility index (Phi) is 6.02. The van der Waals surface area contributed by atoms with Gasteiger partial charge in [-0.2, -0.15) is 5.10 Å². The average Bonchev–Trinajstić information content (AvgIpc) is 2.98. The molecular formula is C14H26BCl2N3O2. The molecule has 126 valence electrons. The molecule has 1 aromatic heterocycles. The van der Waals surface area contributed by atoms with Crippen LogP contribution in [-0.2, 0) is 16.4 Å². The first-order valence-corrected chi connectivity index (χ1v) is 7.35. The van der Waals surface area contributed by atoms with E-state index in [0.29, 0.717) is 11.7 Å². The van der Waals surface area contributed by atoms with Crippen molar-refractivity contribution in [2.75, 3.05) is 13.1 Å². The van der Waals surface area contributed by atoms with Crippen LogP contribution < -0.4 is 5.32 Å². The van der Waals surface area contributed by atoms with Crippen molar-refractivity contribution in [1.82, 2.24) is 15.1 Å². The van der Waals surface area contributed by atoms with E-state index in [2.05, 4.69) is 44.3 Å². The summed E-state index contributed by atoms with van der Waals surface area (Å²) >= 11 is 0. The van der Waals surface area contributed by atoms with Crippen LogP contribution in [0.5, 0.6) is 0 Å². The van der Waals surface area contributed by atoms with Crippen molar-refractivity contribution in [2.24, 2.45) is 7.05 Å². The van der Waals surface area contributed by atoms with Gasteiger partial charge in [0, 0.05) is 31.5 Å². The van der Waals surface area contributed by atoms with E-state index in [1.807, 2.05) is 17.9 Å². The van der Waals surface area contributed by atoms with Gasteiger partial charge in [0.05, 0.1) is 17.4 Å². The molecule has 1 N–H and O–H groups in total. The Morgan fingerprint density at radius 1 is 1.18 bits per heavy atom. The number of hydrogen-bond donors (Lipinski definition) is 1. The summed E-state index contributed by atoms with van der Waals surface area (Å²) in [6, 6.07) is 0. The third-order valence-corrected chi connectivity index (χ3v) is 5.04. The highest BCUT2D eigenvalue weighted by Crippen LogP contribution is 2.44. The van der Waals surface area contributed by atoms with Crippen molar-refractivity contribution in [1.29, 1.82) is 0 Å². The Labute approximate surface area is 145 Å². The van der Waals surface area contributed by atoms with Crippen LogP contribution in [0.4, 0.5) is 0 Å². The molecule has 5 nitrogen and oxygen atoms in total. The van der Waals surface area contributed by atoms with Gasteiger partial charge in [-0.3, -0.25) is 4.68 Å². The molecule has 3 heterocycles. The van der Waals surface area contributed by atoms with Crippen molar-refractivity contribution in [3.05, 3.63) is 18.0 Å². The molecular weight excluding hydrogens is 324 g/mol. The lowest BCUT2D eigenvalue weighted by Crippen LogP contribution is -2.41. The minimum Gasteiger partial charge on any atom is -0.403 e. The van der Waals surface area contributed by atoms with Gasteiger partial charge in [-0.05, 0) is 39.8 Å². The summed E-state index contributed by atoms with van der Waals surface area (Å²) in [5.74, 6) is 0.735. The van der Waals surface area contributed by atoms with Crippen LogP contribution in [0.1, 0.15) is 39.2 Å². The molecule has 3 rings (SSSR count). The smallest absolute Gasteiger partial charge is 0.403 e. The van der Waals surface area contributed by atoms with Crippen LogP contribution in [0.15, 0.2) is 12.4 Å². The van der Waals surface area contributed by atoms with E-state index in [-0.39, 0.29) is 43.1 Å². The Hall–Kier alpha value is -0.265. The van der Waals surface area contributed by atoms with E-state index in [0.717, 1.165) is 13.1 Å². The lowest BCUT2D eigenvalue weighted by Gasteiger charge is -2.32. The number of hydrogen-bond acceptors (Lipinski definition) is 4. The van der Waals surface area contributed by atoms with E-state index in [1.165, 1.54) is 5.56 Å². The van der Waals surface area contributed by atoms with Crippen molar-refractivity contribution in [3.8, 4) is 0 Å². The summed E-state index contributed by atoms with van der Waals surface area (Å²) in [6.07, 6.45) is 4.05. The maximum absolute atomic E-state index is 6.22. The third kappa shape index (κ3) is 3.31. The Bertz CT molecular complexity index is 494. The molecule has 2 aliphatic rings. The van der Waals surface area contributed by atoms with Gasteiger partial charge in [0.1, 0.15) is 0 Å². The summed E-state index contributed by atoms with van der Waals surface area (Å²) in [7, 11) is 1.80. The van der Waals surface area contributed by atoms with Gasteiger partial charge in [0.15, 0.2) is 0 Å². The molecule has 2 saturated heterocycles. The SMILES string of the molecule is Cl.Cl.Cn1cc(C2CNCC2B2OC(C)(C)C(C)(C)O2)cn1. The van der Waals surface area contributed by atoms with E-state index < -0.39 is 0 Å². The molecule has 0 aliphatic carbocycles. The maximum Gasteiger partial charge on any atom is 0.463 e. The molecule has 1 aromatic rings. The fourth-order valence-electron chi connectivity index (χ4n) is 3.05. The van der Waals surface area contributed by atoms with Crippen molar-refractivity contribution in [2.45, 2.75) is 50.6 Å². The number of nitrogens with zero attached hydrogens (tertiary/aromatic N) is 2. The summed E-state index contributed by atoms with van der Waals surface area (Å²) in [4.78, 5) is 0. The zero-order valence-electron chi connectivity index (χ0n) is 13.8. The van der Waals surface area contributed by atoms with Gasteiger partial charge in [0.25, 0.3) is 0 Å². The Morgan fingerprint density at radius 3 is 2.27 bits per heavy atom. The molecule has 0 amide bonds. The van der Waals surface area contributed by atoms with Crippen molar-refractivity contribution in [3.63, 3.8) is 0 Å². The molecule has 2 atom stereocenters. The largest absolute Gasteiger partial charge is 0.463 e. The monoisotopic (exact) mass is 349 g/mol. The predicted molar refractivity (Wildman–Crippen MR) is 93.1 cm³/mol. The molecule has 0 spiro atoms. The van der Waals surface area contributed by atoms with Crippen LogP contribution >= 0.6 is 24.8 Å². The van der Waals surface area contributed by atoms with E-state index in [4.69, 9.17) is 9.31 Å². The Balaban J connectivity index is 0.00000121. The Morgan fingerprint density at radius 2 is 1.77 bits per heavy atom. The van der Waals surface area contributed by atoms with Crippen LogP contribution in [0.25, 0.3) is 0 Å². The summed E-state index contributed by atoms with van der Waals surface area (Å²) in [6.45, 7) is 10.3. The molecule has 2 unspecified atom stereocenters. The topological polar surface area (TPSA) is 48.3 Å². The molecule has 22 heavy (non-hydrogen) atoms. The van der Waals surface area contributed by atoms with Crippen LogP contribution in [0.3, 0.4) is 0 Å². The summed E-state index contributed by atoms with van der Waals surface area (Å²) in [5, 5.41) is 7.75. The number of rotatable bonds is 2. The average molecular weight is 350 g/mol. The lowest BCUT2D eigenvalue weighted by atomic mass is 9.65. The van der Waals surface area contributed by atoms with Gasteiger partial charge >= 0.3 is 7.12 Å². The number of nitrogens with one attached hydrogen (secondary N) is 1. The molecule has 2 aliphatic heterocycles. The van der Waals surface area contributed by atoms with Gasteiger partial charge in [0.2, 0.25) is 0 Å². The zero-order chi connectivity index (χ0) is 14.5. The van der Waals surface area contributed by atoms with Crippen LogP contribution in [0.2, 0.25) is 5.82 Å². The number of aryl methyl sites for hydroxylation is 1. The predicted octanol–water partition coefficient (Wildman–Crippen LogP) is 2.41. The molecule has 0 bridgehead atoms. The standard InChI is InChI=1S/C14H24BN3O2.2ClH/c1-13(2)14(3,4)20-15(19-13)12-8-16-7-11(12)10-6-17-18(5)9-10;;/h6,9,11-12,16H,7-8H2,1-5H3;2*1H. The highest BCUT2D eigenvalue weighted by molar-refractivity contribution is 6.48. The summed E-state index contributed by atoms with van der Waals surface area (Å²) < 4.78 is 14.3. The van der Waals surface area contributed by atoms with Gasteiger partial charge in [-0.1, -0.05) is 0 Å². The number of halogens is 2. The van der Waals surface area contributed by atoms with E-state index in [9.17, 15) is 0 Å².